The normalized spacial score (nSPS) is 35.4. The summed E-state index contributed by atoms with van der Waals surface area (Å²) in [6.45, 7) is 4.80. The molecule has 1 unspecified atom stereocenters. The smallest absolute Gasteiger partial charge is 0.223 e. The molecule has 0 aromatic rings. The maximum absolute atomic E-state index is 12.2. The molecular weight excluding hydrogens is 202 g/mol. The summed E-state index contributed by atoms with van der Waals surface area (Å²) in [5.41, 5.74) is 6.01. The van der Waals surface area contributed by atoms with E-state index < -0.39 is 0 Å². The quantitative estimate of drug-likeness (QED) is 0.712. The van der Waals surface area contributed by atoms with Gasteiger partial charge in [0.25, 0.3) is 0 Å². The number of nitrogens with two attached hydrogens (primary N) is 1. The van der Waals surface area contributed by atoms with Crippen LogP contribution in [0.4, 0.5) is 0 Å². The lowest BCUT2D eigenvalue weighted by molar-refractivity contribution is -0.135. The number of nitrogens with one attached hydrogen (secondary N) is 1. The van der Waals surface area contributed by atoms with Gasteiger partial charge >= 0.3 is 0 Å². The van der Waals surface area contributed by atoms with Crippen molar-refractivity contribution in [2.75, 3.05) is 19.6 Å². The Hall–Kier alpha value is -0.610. The van der Waals surface area contributed by atoms with Crippen LogP contribution in [0.1, 0.15) is 32.6 Å². The molecule has 3 N–H and O–H groups in total. The van der Waals surface area contributed by atoms with Crippen LogP contribution in [-0.4, -0.2) is 42.5 Å². The van der Waals surface area contributed by atoms with Crippen molar-refractivity contribution in [2.45, 2.75) is 44.7 Å². The minimum absolute atomic E-state index is 0.252. The Kier molecular flexibility index (Phi) is 3.82. The van der Waals surface area contributed by atoms with Crippen LogP contribution >= 0.6 is 0 Å². The molecule has 2 fully saturated rings. The van der Waals surface area contributed by atoms with Crippen molar-refractivity contribution >= 4 is 5.91 Å². The van der Waals surface area contributed by atoms with Crippen molar-refractivity contribution in [1.29, 1.82) is 0 Å². The van der Waals surface area contributed by atoms with E-state index in [4.69, 9.17) is 5.73 Å². The zero-order chi connectivity index (χ0) is 11.5. The van der Waals surface area contributed by atoms with Gasteiger partial charge in [-0.15, -0.1) is 0 Å². The van der Waals surface area contributed by atoms with E-state index >= 15 is 0 Å². The molecule has 0 radical (unpaired) electrons. The number of hydrogen-bond acceptors (Lipinski definition) is 3. The Balaban J connectivity index is 1.86. The van der Waals surface area contributed by atoms with Crippen LogP contribution in [-0.2, 0) is 4.79 Å². The van der Waals surface area contributed by atoms with Gasteiger partial charge in [0.2, 0.25) is 5.91 Å². The Morgan fingerprint density at radius 2 is 2.31 bits per heavy atom. The van der Waals surface area contributed by atoms with Gasteiger partial charge in [-0.05, 0) is 25.7 Å². The molecule has 1 aliphatic carbocycles. The summed E-state index contributed by atoms with van der Waals surface area (Å²) < 4.78 is 0. The molecule has 0 spiro atoms. The van der Waals surface area contributed by atoms with Crippen molar-refractivity contribution in [3.8, 4) is 0 Å². The first-order valence-electron chi connectivity index (χ1n) is 6.44. The van der Waals surface area contributed by atoms with E-state index in [0.717, 1.165) is 32.5 Å². The Morgan fingerprint density at radius 1 is 1.50 bits per heavy atom. The number of piperazine rings is 1. The van der Waals surface area contributed by atoms with Crippen LogP contribution in [0, 0.1) is 5.92 Å². The number of nitrogens with zero attached hydrogens (tertiary/aromatic N) is 1. The Bertz CT molecular complexity index is 257. The van der Waals surface area contributed by atoms with Gasteiger partial charge in [-0.1, -0.05) is 6.42 Å². The highest BCUT2D eigenvalue weighted by molar-refractivity contribution is 5.77. The highest BCUT2D eigenvalue weighted by atomic mass is 16.2. The lowest BCUT2D eigenvalue weighted by atomic mass is 9.99. The number of hydrogen-bond donors (Lipinski definition) is 2. The second kappa shape index (κ2) is 5.15. The predicted octanol–water partition coefficient (Wildman–Crippen LogP) is 0.324. The third kappa shape index (κ3) is 2.55. The first kappa shape index (κ1) is 11.9. The van der Waals surface area contributed by atoms with Gasteiger partial charge < -0.3 is 16.0 Å². The first-order chi connectivity index (χ1) is 7.68. The highest BCUT2D eigenvalue weighted by Crippen LogP contribution is 2.27. The van der Waals surface area contributed by atoms with Crippen molar-refractivity contribution in [1.82, 2.24) is 10.2 Å². The van der Waals surface area contributed by atoms with Gasteiger partial charge in [-0.25, -0.2) is 0 Å². The minimum atomic E-state index is 0.252. The number of carbonyl (C=O) groups excluding carboxylic acids is 1. The summed E-state index contributed by atoms with van der Waals surface area (Å²) in [5.74, 6) is 0.728. The fraction of sp³-hybridized carbons (Fsp3) is 0.917. The SMILES string of the molecule is CC1CNCCN1C(=O)C[C@@H]1CCC[C@H]1N. The summed E-state index contributed by atoms with van der Waals surface area (Å²) in [5, 5.41) is 3.30. The Morgan fingerprint density at radius 3 is 2.94 bits per heavy atom. The van der Waals surface area contributed by atoms with Crippen molar-refractivity contribution < 1.29 is 4.79 Å². The van der Waals surface area contributed by atoms with E-state index in [0.29, 0.717) is 24.3 Å². The van der Waals surface area contributed by atoms with Gasteiger partial charge in [0.15, 0.2) is 0 Å². The summed E-state index contributed by atoms with van der Waals surface area (Å²) in [6, 6.07) is 0.584. The molecule has 1 heterocycles. The highest BCUT2D eigenvalue weighted by Gasteiger charge is 2.30. The second-order valence-corrected chi connectivity index (χ2v) is 5.20. The van der Waals surface area contributed by atoms with Crippen LogP contribution < -0.4 is 11.1 Å². The number of rotatable bonds is 2. The fourth-order valence-corrected chi connectivity index (χ4v) is 2.87. The molecule has 0 bridgehead atoms. The standard InChI is InChI=1S/C12H23N3O/c1-9-8-14-5-6-15(9)12(16)7-10-3-2-4-11(10)13/h9-11,14H,2-8,13H2,1H3/t9?,10-,11+/m0/s1. The molecular formula is C12H23N3O. The maximum Gasteiger partial charge on any atom is 0.223 e. The molecule has 4 heteroatoms. The zero-order valence-electron chi connectivity index (χ0n) is 10.1. The van der Waals surface area contributed by atoms with Crippen molar-refractivity contribution in [2.24, 2.45) is 11.7 Å². The van der Waals surface area contributed by atoms with Gasteiger partial charge in [0.05, 0.1) is 0 Å². The number of carbonyl (C=O) groups is 1. The van der Waals surface area contributed by atoms with Crippen LogP contribution in [0.3, 0.4) is 0 Å². The van der Waals surface area contributed by atoms with E-state index in [1.165, 1.54) is 6.42 Å². The van der Waals surface area contributed by atoms with Gasteiger partial charge in [-0.2, -0.15) is 0 Å². The molecule has 4 nitrogen and oxygen atoms in total. The minimum Gasteiger partial charge on any atom is -0.337 e. The molecule has 0 aromatic carbocycles. The molecule has 1 aliphatic heterocycles. The van der Waals surface area contributed by atoms with E-state index in [9.17, 15) is 4.79 Å². The molecule has 1 saturated carbocycles. The molecule has 16 heavy (non-hydrogen) atoms. The summed E-state index contributed by atoms with van der Waals surface area (Å²) in [6.07, 6.45) is 4.07. The zero-order valence-corrected chi connectivity index (χ0v) is 10.1. The average Bonchev–Trinajstić information content (AvgIpc) is 2.65. The summed E-state index contributed by atoms with van der Waals surface area (Å²) >= 11 is 0. The molecule has 0 aromatic heterocycles. The molecule has 1 saturated heterocycles. The van der Waals surface area contributed by atoms with Crippen LogP contribution in [0.2, 0.25) is 0 Å². The molecule has 92 valence electrons. The first-order valence-corrected chi connectivity index (χ1v) is 6.44. The third-order valence-corrected chi connectivity index (χ3v) is 3.98. The molecule has 2 aliphatic rings. The molecule has 3 atom stereocenters. The largest absolute Gasteiger partial charge is 0.337 e. The fourth-order valence-electron chi connectivity index (χ4n) is 2.87. The van der Waals surface area contributed by atoms with Crippen LogP contribution in [0.15, 0.2) is 0 Å². The third-order valence-electron chi connectivity index (χ3n) is 3.98. The van der Waals surface area contributed by atoms with E-state index in [1.807, 2.05) is 4.90 Å². The lowest BCUT2D eigenvalue weighted by Crippen LogP contribution is -2.52. The number of amides is 1. The maximum atomic E-state index is 12.2. The lowest BCUT2D eigenvalue weighted by Gasteiger charge is -2.35. The van der Waals surface area contributed by atoms with Crippen molar-refractivity contribution in [3.63, 3.8) is 0 Å². The monoisotopic (exact) mass is 225 g/mol. The average molecular weight is 225 g/mol. The van der Waals surface area contributed by atoms with Gasteiger partial charge in [0.1, 0.15) is 0 Å². The topological polar surface area (TPSA) is 58.4 Å². The predicted molar refractivity (Wildman–Crippen MR) is 64.0 cm³/mol. The van der Waals surface area contributed by atoms with Gasteiger partial charge in [-0.3, -0.25) is 4.79 Å². The van der Waals surface area contributed by atoms with Gasteiger partial charge in [0, 0.05) is 38.1 Å². The molecule has 2 rings (SSSR count). The molecule has 1 amide bonds. The van der Waals surface area contributed by atoms with Crippen molar-refractivity contribution in [3.05, 3.63) is 0 Å². The summed E-state index contributed by atoms with van der Waals surface area (Å²) in [4.78, 5) is 14.2. The van der Waals surface area contributed by atoms with E-state index in [1.54, 1.807) is 0 Å². The van der Waals surface area contributed by atoms with Crippen LogP contribution in [0.5, 0.6) is 0 Å². The van der Waals surface area contributed by atoms with Crippen LogP contribution in [0.25, 0.3) is 0 Å². The Labute approximate surface area is 97.6 Å². The van der Waals surface area contributed by atoms with E-state index in [-0.39, 0.29) is 6.04 Å². The van der Waals surface area contributed by atoms with E-state index in [2.05, 4.69) is 12.2 Å². The summed E-state index contributed by atoms with van der Waals surface area (Å²) in [7, 11) is 0. The second-order valence-electron chi connectivity index (χ2n) is 5.20.